The van der Waals surface area contributed by atoms with Crippen molar-refractivity contribution in [2.45, 2.75) is 39.5 Å². The predicted octanol–water partition coefficient (Wildman–Crippen LogP) is 1.39. The Morgan fingerprint density at radius 1 is 0.857 bits per heavy atom. The van der Waals surface area contributed by atoms with Crippen molar-refractivity contribution in [2.75, 3.05) is 43.0 Å². The topological polar surface area (TPSA) is 112 Å². The summed E-state index contributed by atoms with van der Waals surface area (Å²) in [6.45, 7) is 6.24. The minimum Gasteiger partial charge on any atom is -0.368 e. The summed E-state index contributed by atoms with van der Waals surface area (Å²) in [6.07, 6.45) is 4.18. The van der Waals surface area contributed by atoms with E-state index in [1.54, 1.807) is 4.90 Å². The van der Waals surface area contributed by atoms with Crippen LogP contribution in [0.15, 0.2) is 0 Å². The van der Waals surface area contributed by atoms with Crippen LogP contribution in [0, 0.1) is 0 Å². The first kappa shape index (κ1) is 17.4. The first-order valence-corrected chi connectivity index (χ1v) is 7.34. The molecule has 0 saturated heterocycles. The number of ether oxygens (including phenoxy) is 2. The lowest BCUT2D eigenvalue weighted by molar-refractivity contribution is 0.0812. The monoisotopic (exact) mass is 298 g/mol. The highest BCUT2D eigenvalue weighted by atomic mass is 16.5. The van der Waals surface area contributed by atoms with Gasteiger partial charge in [0, 0.05) is 13.2 Å². The molecule has 0 bridgehead atoms. The second-order valence-electron chi connectivity index (χ2n) is 4.67. The lowest BCUT2D eigenvalue weighted by Crippen LogP contribution is -2.31. The Kier molecular flexibility index (Phi) is 8.37. The van der Waals surface area contributed by atoms with Crippen molar-refractivity contribution in [3.05, 3.63) is 0 Å². The summed E-state index contributed by atoms with van der Waals surface area (Å²) in [5.41, 5.74) is 11.2. The van der Waals surface area contributed by atoms with Crippen molar-refractivity contribution in [2.24, 2.45) is 0 Å². The number of nitrogens with two attached hydrogens (primary N) is 2. The van der Waals surface area contributed by atoms with Gasteiger partial charge in [-0.15, -0.1) is 0 Å². The fourth-order valence-corrected chi connectivity index (χ4v) is 1.53. The predicted molar refractivity (Wildman–Crippen MR) is 82.6 cm³/mol. The van der Waals surface area contributed by atoms with Crippen molar-refractivity contribution in [1.82, 2.24) is 15.0 Å². The summed E-state index contributed by atoms with van der Waals surface area (Å²) >= 11 is 0. The number of nitrogen functional groups attached to an aromatic ring is 2. The van der Waals surface area contributed by atoms with Crippen LogP contribution in [0.25, 0.3) is 0 Å². The Morgan fingerprint density at radius 3 is 1.76 bits per heavy atom. The van der Waals surface area contributed by atoms with Crippen LogP contribution in [0.5, 0.6) is 0 Å². The van der Waals surface area contributed by atoms with Crippen molar-refractivity contribution in [3.63, 3.8) is 0 Å². The molecule has 1 aromatic heterocycles. The van der Waals surface area contributed by atoms with Gasteiger partial charge in [0.2, 0.25) is 17.8 Å². The molecule has 4 N–H and O–H groups in total. The van der Waals surface area contributed by atoms with Crippen LogP contribution >= 0.6 is 0 Å². The maximum absolute atomic E-state index is 5.60. The van der Waals surface area contributed by atoms with Crippen molar-refractivity contribution < 1.29 is 9.47 Å². The number of unbranched alkanes of at least 4 members (excludes halogenated alkanes) is 2. The first-order valence-electron chi connectivity index (χ1n) is 7.34. The third-order valence-electron chi connectivity index (χ3n) is 2.72. The van der Waals surface area contributed by atoms with Crippen LogP contribution in [-0.2, 0) is 9.47 Å². The standard InChI is InChI=1S/C13H26N6O2/c1-3-5-7-20-9-19(10-21-8-6-4-2)13-17-11(14)16-12(15)18-13/h3-10H2,1-2H3,(H4,14,15,16,17,18). The van der Waals surface area contributed by atoms with Crippen LogP contribution in [0.3, 0.4) is 0 Å². The average molecular weight is 298 g/mol. The summed E-state index contributed by atoms with van der Waals surface area (Å²) in [5.74, 6) is 0.544. The van der Waals surface area contributed by atoms with E-state index in [0.29, 0.717) is 32.6 Å². The molecular weight excluding hydrogens is 272 g/mol. The molecule has 120 valence electrons. The van der Waals surface area contributed by atoms with Gasteiger partial charge in [0.15, 0.2) is 0 Å². The minimum atomic E-state index is 0.0876. The van der Waals surface area contributed by atoms with Gasteiger partial charge in [0.25, 0.3) is 0 Å². The van der Waals surface area contributed by atoms with Crippen LogP contribution in [0.2, 0.25) is 0 Å². The van der Waals surface area contributed by atoms with Gasteiger partial charge in [-0.05, 0) is 12.8 Å². The van der Waals surface area contributed by atoms with Crippen LogP contribution in [0.1, 0.15) is 39.5 Å². The van der Waals surface area contributed by atoms with Gasteiger partial charge < -0.3 is 20.9 Å². The molecule has 0 fully saturated rings. The van der Waals surface area contributed by atoms with Crippen molar-refractivity contribution >= 4 is 17.8 Å². The summed E-state index contributed by atoms with van der Waals surface area (Å²) in [4.78, 5) is 13.7. The highest BCUT2D eigenvalue weighted by Crippen LogP contribution is 2.10. The lowest BCUT2D eigenvalue weighted by atomic mass is 10.4. The molecule has 0 radical (unpaired) electrons. The molecule has 1 rings (SSSR count). The van der Waals surface area contributed by atoms with Crippen LogP contribution in [0.4, 0.5) is 17.8 Å². The van der Waals surface area contributed by atoms with E-state index in [0.717, 1.165) is 25.7 Å². The highest BCUT2D eigenvalue weighted by Gasteiger charge is 2.12. The zero-order valence-electron chi connectivity index (χ0n) is 12.9. The van der Waals surface area contributed by atoms with E-state index in [4.69, 9.17) is 20.9 Å². The molecule has 0 saturated carbocycles. The molecule has 0 spiro atoms. The van der Waals surface area contributed by atoms with E-state index in [-0.39, 0.29) is 11.9 Å². The maximum atomic E-state index is 5.60. The molecule has 0 amide bonds. The Morgan fingerprint density at radius 2 is 1.33 bits per heavy atom. The lowest BCUT2D eigenvalue weighted by Gasteiger charge is -2.22. The molecule has 0 atom stereocenters. The van der Waals surface area contributed by atoms with Crippen LogP contribution in [-0.4, -0.2) is 41.6 Å². The summed E-state index contributed by atoms with van der Waals surface area (Å²) in [7, 11) is 0. The van der Waals surface area contributed by atoms with Crippen molar-refractivity contribution in [3.8, 4) is 0 Å². The smallest absolute Gasteiger partial charge is 0.235 e. The normalized spacial score (nSPS) is 10.8. The van der Waals surface area contributed by atoms with E-state index in [2.05, 4.69) is 28.8 Å². The maximum Gasteiger partial charge on any atom is 0.235 e. The summed E-state index contributed by atoms with van der Waals surface area (Å²) < 4.78 is 11.2. The number of anilines is 3. The Balaban J connectivity index is 2.60. The summed E-state index contributed by atoms with van der Waals surface area (Å²) in [5, 5.41) is 0. The quantitative estimate of drug-likeness (QED) is 0.465. The van der Waals surface area contributed by atoms with E-state index in [1.165, 1.54) is 0 Å². The molecular formula is C13H26N6O2. The number of hydrogen-bond acceptors (Lipinski definition) is 8. The number of nitrogens with zero attached hydrogens (tertiary/aromatic N) is 4. The van der Waals surface area contributed by atoms with E-state index < -0.39 is 0 Å². The van der Waals surface area contributed by atoms with Crippen molar-refractivity contribution in [1.29, 1.82) is 0 Å². The average Bonchev–Trinajstić information content (AvgIpc) is 2.44. The van der Waals surface area contributed by atoms with Gasteiger partial charge in [0.1, 0.15) is 13.5 Å². The molecule has 21 heavy (non-hydrogen) atoms. The van der Waals surface area contributed by atoms with Gasteiger partial charge in [-0.1, -0.05) is 26.7 Å². The third kappa shape index (κ3) is 7.05. The SMILES string of the molecule is CCCCOCN(COCCCC)c1nc(N)nc(N)n1. The first-order chi connectivity index (χ1) is 10.2. The third-order valence-corrected chi connectivity index (χ3v) is 2.72. The largest absolute Gasteiger partial charge is 0.368 e. The summed E-state index contributed by atoms with van der Waals surface area (Å²) in [6, 6.07) is 0. The van der Waals surface area contributed by atoms with E-state index in [1.807, 2.05) is 0 Å². The van der Waals surface area contributed by atoms with E-state index >= 15 is 0 Å². The highest BCUT2D eigenvalue weighted by molar-refractivity contribution is 5.38. The molecule has 0 unspecified atom stereocenters. The fraction of sp³-hybridized carbons (Fsp3) is 0.769. The van der Waals surface area contributed by atoms with Gasteiger partial charge in [-0.25, -0.2) is 0 Å². The van der Waals surface area contributed by atoms with Gasteiger partial charge >= 0.3 is 0 Å². The van der Waals surface area contributed by atoms with Crippen LogP contribution < -0.4 is 16.4 Å². The van der Waals surface area contributed by atoms with E-state index in [9.17, 15) is 0 Å². The molecule has 1 heterocycles. The Bertz CT molecular complexity index is 372. The second kappa shape index (κ2) is 10.1. The molecule has 0 aromatic carbocycles. The van der Waals surface area contributed by atoms with Gasteiger partial charge in [-0.3, -0.25) is 4.90 Å². The molecule has 0 aliphatic heterocycles. The minimum absolute atomic E-state index is 0.0876. The Labute approximate surface area is 125 Å². The Hall–Kier alpha value is -1.67. The second-order valence-corrected chi connectivity index (χ2v) is 4.67. The van der Waals surface area contributed by atoms with Gasteiger partial charge in [-0.2, -0.15) is 15.0 Å². The molecule has 8 nitrogen and oxygen atoms in total. The molecule has 1 aromatic rings. The zero-order chi connectivity index (χ0) is 15.5. The number of rotatable bonds is 11. The fourth-order valence-electron chi connectivity index (χ4n) is 1.53. The molecule has 0 aliphatic rings. The zero-order valence-corrected chi connectivity index (χ0v) is 12.9. The molecule has 8 heteroatoms. The number of hydrogen-bond donors (Lipinski definition) is 2. The number of aromatic nitrogens is 3. The molecule has 0 aliphatic carbocycles. The van der Waals surface area contributed by atoms with Gasteiger partial charge in [0.05, 0.1) is 0 Å².